The molecule has 0 unspecified atom stereocenters. The summed E-state index contributed by atoms with van der Waals surface area (Å²) < 4.78 is 5.41. The summed E-state index contributed by atoms with van der Waals surface area (Å²) in [6.07, 6.45) is 0.717. The Bertz CT molecular complexity index is 665. The highest BCUT2D eigenvalue weighted by molar-refractivity contribution is 7.18. The minimum atomic E-state index is 0.361. The molecule has 0 bridgehead atoms. The third-order valence-electron chi connectivity index (χ3n) is 2.65. The maximum atomic E-state index is 10.6. The van der Waals surface area contributed by atoms with Gasteiger partial charge in [0.15, 0.2) is 12.0 Å². The van der Waals surface area contributed by atoms with Crippen LogP contribution in [0.15, 0.2) is 59.0 Å². The zero-order valence-corrected chi connectivity index (χ0v) is 10.3. The molecule has 2 heterocycles. The van der Waals surface area contributed by atoms with E-state index in [0.717, 1.165) is 16.9 Å². The minimum absolute atomic E-state index is 0.361. The third-order valence-corrected chi connectivity index (χ3v) is 3.80. The second-order valence-corrected chi connectivity index (χ2v) is 4.93. The van der Waals surface area contributed by atoms with E-state index in [0.29, 0.717) is 5.76 Å². The Morgan fingerprint density at radius 3 is 2.39 bits per heavy atom. The lowest BCUT2D eigenvalue weighted by molar-refractivity contribution is 0.110. The summed E-state index contributed by atoms with van der Waals surface area (Å²) in [6, 6.07) is 17.8. The average Bonchev–Trinajstić information content (AvgIpc) is 3.08. The molecule has 1 aromatic carbocycles. The Morgan fingerprint density at radius 2 is 1.67 bits per heavy atom. The van der Waals surface area contributed by atoms with E-state index in [-0.39, 0.29) is 0 Å². The maximum absolute atomic E-state index is 10.6. The van der Waals surface area contributed by atoms with Gasteiger partial charge in [0.2, 0.25) is 0 Å². The molecule has 3 aromatic rings. The molecule has 0 aliphatic heterocycles. The molecule has 0 saturated carbocycles. The van der Waals surface area contributed by atoms with E-state index in [9.17, 15) is 4.79 Å². The number of carbonyl (C=O) groups excluding carboxylic acids is 1. The highest BCUT2D eigenvalue weighted by Crippen LogP contribution is 2.34. The van der Waals surface area contributed by atoms with Crippen LogP contribution in [0, 0.1) is 0 Å². The van der Waals surface area contributed by atoms with Crippen LogP contribution in [0.25, 0.3) is 21.1 Å². The standard InChI is InChI=1S/C15H10O2S/c16-10-12-6-7-13(17-12)15-9-8-14(18-15)11-4-2-1-3-5-11/h1-10H. The van der Waals surface area contributed by atoms with Crippen molar-refractivity contribution in [2.45, 2.75) is 0 Å². The van der Waals surface area contributed by atoms with Crippen LogP contribution in [0.1, 0.15) is 10.6 Å². The van der Waals surface area contributed by atoms with Crippen molar-refractivity contribution in [3.05, 3.63) is 60.4 Å². The summed E-state index contributed by atoms with van der Waals surface area (Å²) >= 11 is 1.65. The molecule has 3 rings (SSSR count). The molecular formula is C15H10O2S. The Morgan fingerprint density at radius 1 is 0.889 bits per heavy atom. The smallest absolute Gasteiger partial charge is 0.185 e. The number of furan rings is 1. The molecule has 2 nitrogen and oxygen atoms in total. The predicted molar refractivity (Wildman–Crippen MR) is 72.8 cm³/mol. The lowest BCUT2D eigenvalue weighted by Crippen LogP contribution is -1.68. The van der Waals surface area contributed by atoms with E-state index in [1.54, 1.807) is 17.4 Å². The fourth-order valence-electron chi connectivity index (χ4n) is 1.78. The lowest BCUT2D eigenvalue weighted by Gasteiger charge is -1.94. The van der Waals surface area contributed by atoms with Gasteiger partial charge in [0.1, 0.15) is 5.76 Å². The summed E-state index contributed by atoms with van der Waals surface area (Å²) in [4.78, 5) is 12.8. The molecule has 0 aliphatic rings. The molecule has 0 spiro atoms. The van der Waals surface area contributed by atoms with Gasteiger partial charge in [-0.05, 0) is 29.8 Å². The molecule has 2 aromatic heterocycles. The minimum Gasteiger partial charge on any atom is -0.452 e. The fourth-order valence-corrected chi connectivity index (χ4v) is 2.75. The summed E-state index contributed by atoms with van der Waals surface area (Å²) in [6.45, 7) is 0. The van der Waals surface area contributed by atoms with E-state index in [1.807, 2.05) is 30.3 Å². The number of benzene rings is 1. The number of rotatable bonds is 3. The van der Waals surface area contributed by atoms with Gasteiger partial charge in [-0.3, -0.25) is 4.79 Å². The molecule has 0 saturated heterocycles. The maximum Gasteiger partial charge on any atom is 0.185 e. The first-order valence-electron chi connectivity index (χ1n) is 5.57. The van der Waals surface area contributed by atoms with E-state index >= 15 is 0 Å². The first-order chi connectivity index (χ1) is 8.86. The molecule has 3 heteroatoms. The van der Waals surface area contributed by atoms with E-state index < -0.39 is 0 Å². The van der Waals surface area contributed by atoms with E-state index in [1.165, 1.54) is 10.4 Å². The van der Waals surface area contributed by atoms with Crippen molar-refractivity contribution in [3.8, 4) is 21.1 Å². The molecular weight excluding hydrogens is 244 g/mol. The van der Waals surface area contributed by atoms with Gasteiger partial charge in [-0.15, -0.1) is 11.3 Å². The largest absolute Gasteiger partial charge is 0.452 e. The highest BCUT2D eigenvalue weighted by Gasteiger charge is 2.08. The van der Waals surface area contributed by atoms with Gasteiger partial charge in [0.25, 0.3) is 0 Å². The Labute approximate surface area is 109 Å². The van der Waals surface area contributed by atoms with Crippen molar-refractivity contribution in [3.63, 3.8) is 0 Å². The third kappa shape index (κ3) is 2.00. The van der Waals surface area contributed by atoms with Crippen molar-refractivity contribution in [1.82, 2.24) is 0 Å². The molecule has 0 N–H and O–H groups in total. The molecule has 0 fully saturated rings. The highest BCUT2D eigenvalue weighted by atomic mass is 32.1. The predicted octanol–water partition coefficient (Wildman–Crippen LogP) is 4.49. The van der Waals surface area contributed by atoms with Crippen LogP contribution in [0.5, 0.6) is 0 Å². The Balaban J connectivity index is 1.96. The first kappa shape index (κ1) is 11.0. The van der Waals surface area contributed by atoms with Gasteiger partial charge in [-0.1, -0.05) is 30.3 Å². The van der Waals surface area contributed by atoms with Crippen LogP contribution in [0.4, 0.5) is 0 Å². The quantitative estimate of drug-likeness (QED) is 0.645. The van der Waals surface area contributed by atoms with Crippen molar-refractivity contribution in [2.24, 2.45) is 0 Å². The van der Waals surface area contributed by atoms with Crippen molar-refractivity contribution < 1.29 is 9.21 Å². The van der Waals surface area contributed by atoms with E-state index in [4.69, 9.17) is 4.42 Å². The number of thiophene rings is 1. The second kappa shape index (κ2) is 4.63. The van der Waals surface area contributed by atoms with Gasteiger partial charge in [-0.2, -0.15) is 0 Å². The summed E-state index contributed by atoms with van der Waals surface area (Å²) in [5.41, 5.74) is 1.19. The fraction of sp³-hybridized carbons (Fsp3) is 0. The Kier molecular flexibility index (Phi) is 2.82. The van der Waals surface area contributed by atoms with E-state index in [2.05, 4.69) is 18.2 Å². The topological polar surface area (TPSA) is 30.2 Å². The molecule has 0 atom stereocenters. The van der Waals surface area contributed by atoms with Gasteiger partial charge < -0.3 is 4.42 Å². The monoisotopic (exact) mass is 254 g/mol. The van der Waals surface area contributed by atoms with Crippen LogP contribution in [0.3, 0.4) is 0 Å². The van der Waals surface area contributed by atoms with Crippen molar-refractivity contribution in [1.29, 1.82) is 0 Å². The van der Waals surface area contributed by atoms with Crippen molar-refractivity contribution in [2.75, 3.05) is 0 Å². The van der Waals surface area contributed by atoms with Crippen LogP contribution in [-0.4, -0.2) is 6.29 Å². The zero-order valence-electron chi connectivity index (χ0n) is 9.50. The molecule has 0 amide bonds. The molecule has 18 heavy (non-hydrogen) atoms. The molecule has 0 aliphatic carbocycles. The van der Waals surface area contributed by atoms with Crippen LogP contribution < -0.4 is 0 Å². The lowest BCUT2D eigenvalue weighted by atomic mass is 10.2. The second-order valence-electron chi connectivity index (χ2n) is 3.85. The SMILES string of the molecule is O=Cc1ccc(-c2ccc(-c3ccccc3)s2)o1. The van der Waals surface area contributed by atoms with Gasteiger partial charge >= 0.3 is 0 Å². The molecule has 0 radical (unpaired) electrons. The first-order valence-corrected chi connectivity index (χ1v) is 6.39. The van der Waals surface area contributed by atoms with Gasteiger partial charge in [0, 0.05) is 4.88 Å². The summed E-state index contributed by atoms with van der Waals surface area (Å²) in [7, 11) is 0. The molecule has 88 valence electrons. The number of hydrogen-bond acceptors (Lipinski definition) is 3. The van der Waals surface area contributed by atoms with Crippen LogP contribution in [0.2, 0.25) is 0 Å². The van der Waals surface area contributed by atoms with Crippen LogP contribution >= 0.6 is 11.3 Å². The number of hydrogen-bond donors (Lipinski definition) is 0. The van der Waals surface area contributed by atoms with Crippen LogP contribution in [-0.2, 0) is 0 Å². The zero-order chi connectivity index (χ0) is 12.4. The number of carbonyl (C=O) groups is 1. The average molecular weight is 254 g/mol. The summed E-state index contributed by atoms with van der Waals surface area (Å²) in [5, 5.41) is 0. The normalized spacial score (nSPS) is 10.4. The summed E-state index contributed by atoms with van der Waals surface area (Å²) in [5.74, 6) is 1.10. The van der Waals surface area contributed by atoms with Gasteiger partial charge in [-0.25, -0.2) is 0 Å². The van der Waals surface area contributed by atoms with Crippen molar-refractivity contribution >= 4 is 17.6 Å². The Hall–Kier alpha value is -2.13. The number of aldehydes is 1. The van der Waals surface area contributed by atoms with Gasteiger partial charge in [0.05, 0.1) is 4.88 Å².